The molecule has 3 heterocycles. The minimum absolute atomic E-state index is 0.654. The van der Waals surface area contributed by atoms with E-state index in [1.807, 2.05) is 0 Å². The molecular weight excluding hydrogens is 512 g/mol. The molecule has 0 aliphatic carbocycles. The molecule has 17 heteroatoms. The van der Waals surface area contributed by atoms with Gasteiger partial charge in [-0.15, -0.1) is 0 Å². The summed E-state index contributed by atoms with van der Waals surface area (Å²) in [5.41, 5.74) is -6.15. The van der Waals surface area contributed by atoms with Gasteiger partial charge in [0.1, 0.15) is 80.2 Å². The normalized spacial score (nSPS) is 48.9. The van der Waals surface area contributed by atoms with Crippen molar-refractivity contribution >= 4 is 11.9 Å². The Morgan fingerprint density at radius 1 is 0.838 bits per heavy atom. The maximum atomic E-state index is 11.8. The Morgan fingerprint density at radius 3 is 2.05 bits per heavy atom. The first-order valence-corrected chi connectivity index (χ1v) is 11.3. The summed E-state index contributed by atoms with van der Waals surface area (Å²) < 4.78 is 20.6. The second kappa shape index (κ2) is 11.3. The predicted octanol–water partition coefficient (Wildman–Crippen LogP) is -7.45. The van der Waals surface area contributed by atoms with Crippen molar-refractivity contribution < 1.29 is 84.7 Å². The third kappa shape index (κ3) is 5.20. The molecule has 3 rings (SSSR count). The van der Waals surface area contributed by atoms with Gasteiger partial charge in [0, 0.05) is 0 Å². The van der Waals surface area contributed by atoms with Crippen LogP contribution < -0.4 is 0 Å². The van der Waals surface area contributed by atoms with Crippen LogP contribution >= 0.6 is 0 Å². The molecule has 3 fully saturated rings. The Hall–Kier alpha value is -1.58. The summed E-state index contributed by atoms with van der Waals surface area (Å²) in [4.78, 5) is 22.3. The van der Waals surface area contributed by atoms with Crippen molar-refractivity contribution in [2.75, 3.05) is 26.4 Å². The molecule has 0 spiro atoms. The van der Waals surface area contributed by atoms with Crippen LogP contribution in [0.15, 0.2) is 0 Å². The van der Waals surface area contributed by atoms with E-state index >= 15 is 0 Å². The Bertz CT molecular complexity index is 827. The van der Waals surface area contributed by atoms with E-state index in [-0.39, 0.29) is 0 Å². The predicted molar refractivity (Wildman–Crippen MR) is 110 cm³/mol. The van der Waals surface area contributed by atoms with Crippen molar-refractivity contribution in [2.45, 2.75) is 84.8 Å². The first-order chi connectivity index (χ1) is 17.2. The Kier molecular flexibility index (Phi) is 9.12. The van der Waals surface area contributed by atoms with Crippen molar-refractivity contribution in [1.82, 2.24) is 0 Å². The first kappa shape index (κ1) is 30.0. The average molecular weight is 544 g/mol. The fourth-order valence-electron chi connectivity index (χ4n) is 4.89. The zero-order chi connectivity index (χ0) is 27.9. The van der Waals surface area contributed by atoms with Gasteiger partial charge in [-0.05, 0) is 0 Å². The van der Waals surface area contributed by atoms with E-state index in [1.165, 1.54) is 0 Å². The summed E-state index contributed by atoms with van der Waals surface area (Å²) in [6.07, 6.45) is -23.0. The molecule has 0 aromatic carbocycles. The molecule has 0 saturated carbocycles. The van der Waals surface area contributed by atoms with Crippen LogP contribution in [0.4, 0.5) is 0 Å². The lowest BCUT2D eigenvalue weighted by atomic mass is 9.64. The molecule has 3 aliphatic heterocycles. The number of ether oxygens (including phenoxy) is 4. The highest BCUT2D eigenvalue weighted by molar-refractivity contribution is 5.90. The van der Waals surface area contributed by atoms with Crippen LogP contribution in [0.1, 0.15) is 6.42 Å². The zero-order valence-electron chi connectivity index (χ0n) is 19.3. The number of hydrogen-bond acceptors (Lipinski definition) is 16. The van der Waals surface area contributed by atoms with Gasteiger partial charge in [-0.25, -0.2) is 0 Å². The standard InChI is InChI=1S/C20H32O17/c21-2-7-16(31)20(33,19(32,5-36-7)17-14(29)11(26)6(22)3-35-17)18-15(30)13(28)12(27)8(37-18)4-34-10(25)1-9(23)24/h6-8,11-18,21-22,26-33H,1-5H2,(H,23,24)/t6-,7-,8+,11+,12+,13-,14-,15+,16-,17-,18?,19-,20-/m1/s1. The summed E-state index contributed by atoms with van der Waals surface area (Å²) >= 11 is 0. The number of aliphatic hydroxyl groups is 10. The van der Waals surface area contributed by atoms with E-state index in [4.69, 9.17) is 24.1 Å². The molecule has 11 N–H and O–H groups in total. The number of esters is 1. The number of carboxylic acids is 1. The van der Waals surface area contributed by atoms with Crippen LogP contribution in [0.3, 0.4) is 0 Å². The monoisotopic (exact) mass is 544 g/mol. The maximum Gasteiger partial charge on any atom is 0.317 e. The van der Waals surface area contributed by atoms with Gasteiger partial charge < -0.3 is 75.1 Å². The average Bonchev–Trinajstić information content (AvgIpc) is 2.84. The van der Waals surface area contributed by atoms with Gasteiger partial charge in [-0.2, -0.15) is 0 Å². The Balaban J connectivity index is 1.99. The maximum absolute atomic E-state index is 11.8. The molecule has 0 aromatic heterocycles. The molecule has 0 aromatic rings. The molecule has 0 radical (unpaired) electrons. The summed E-state index contributed by atoms with van der Waals surface area (Å²) in [6.45, 7) is -3.48. The van der Waals surface area contributed by atoms with Crippen molar-refractivity contribution in [3.63, 3.8) is 0 Å². The van der Waals surface area contributed by atoms with Crippen LogP contribution in [-0.2, 0) is 28.5 Å². The van der Waals surface area contributed by atoms with E-state index in [9.17, 15) is 60.7 Å². The van der Waals surface area contributed by atoms with Gasteiger partial charge in [0.15, 0.2) is 11.2 Å². The lowest BCUT2D eigenvalue weighted by Gasteiger charge is -2.60. The molecule has 13 atom stereocenters. The van der Waals surface area contributed by atoms with E-state index in [2.05, 4.69) is 0 Å². The van der Waals surface area contributed by atoms with Crippen molar-refractivity contribution in [1.29, 1.82) is 0 Å². The number of hydrogen-bond donors (Lipinski definition) is 11. The number of aliphatic hydroxyl groups excluding tert-OH is 8. The van der Waals surface area contributed by atoms with Crippen LogP contribution in [0, 0.1) is 0 Å². The quantitative estimate of drug-likeness (QED) is 0.105. The van der Waals surface area contributed by atoms with Gasteiger partial charge >= 0.3 is 11.9 Å². The van der Waals surface area contributed by atoms with Gasteiger partial charge in [0.2, 0.25) is 0 Å². The largest absolute Gasteiger partial charge is 0.481 e. The second-order valence-electron chi connectivity index (χ2n) is 9.35. The summed E-state index contributed by atoms with van der Waals surface area (Å²) in [6, 6.07) is 0. The molecule has 3 saturated heterocycles. The van der Waals surface area contributed by atoms with Crippen molar-refractivity contribution in [3.05, 3.63) is 0 Å². The molecular formula is C20H32O17. The highest BCUT2D eigenvalue weighted by atomic mass is 16.6. The smallest absolute Gasteiger partial charge is 0.317 e. The fraction of sp³-hybridized carbons (Fsp3) is 0.900. The Labute approximate surface area is 208 Å². The van der Waals surface area contributed by atoms with Crippen LogP contribution in [0.2, 0.25) is 0 Å². The van der Waals surface area contributed by atoms with Crippen LogP contribution in [0.5, 0.6) is 0 Å². The second-order valence-corrected chi connectivity index (χ2v) is 9.35. The van der Waals surface area contributed by atoms with Gasteiger partial charge in [0.25, 0.3) is 0 Å². The SMILES string of the molecule is O=C(O)CC(=O)OC[C@@H]1OC([C@]2(O)[C@H](O)[C@@H](CO)OC[C@@]2(O)[C@@H]2OC[C@@H](O)[C@H](O)[C@H]2O)[C@@H](O)[C@H](O)[C@H]1O. The third-order valence-electron chi connectivity index (χ3n) is 7.02. The van der Waals surface area contributed by atoms with Crippen molar-refractivity contribution in [2.24, 2.45) is 0 Å². The van der Waals surface area contributed by atoms with E-state index in [0.717, 1.165) is 0 Å². The third-order valence-corrected chi connectivity index (χ3v) is 7.02. The number of carboxylic acid groups (broad SMARTS) is 1. The van der Waals surface area contributed by atoms with Crippen molar-refractivity contribution in [3.8, 4) is 0 Å². The van der Waals surface area contributed by atoms with E-state index in [1.54, 1.807) is 0 Å². The van der Waals surface area contributed by atoms with E-state index in [0.29, 0.717) is 0 Å². The number of carbonyl (C=O) groups is 2. The van der Waals surface area contributed by atoms with Gasteiger partial charge in [-0.1, -0.05) is 0 Å². The summed E-state index contributed by atoms with van der Waals surface area (Å²) in [5.74, 6) is -2.78. The summed E-state index contributed by atoms with van der Waals surface area (Å²) in [5, 5.41) is 114. The molecule has 0 amide bonds. The lowest BCUT2D eigenvalue weighted by Crippen LogP contribution is -2.84. The number of carbonyl (C=O) groups excluding carboxylic acids is 1. The topological polar surface area (TPSA) is 294 Å². The van der Waals surface area contributed by atoms with Gasteiger partial charge in [0.05, 0.1) is 19.8 Å². The number of aliphatic carboxylic acids is 1. The lowest BCUT2D eigenvalue weighted by molar-refractivity contribution is -0.386. The first-order valence-electron chi connectivity index (χ1n) is 11.3. The molecule has 37 heavy (non-hydrogen) atoms. The minimum Gasteiger partial charge on any atom is -0.481 e. The molecule has 1 unspecified atom stereocenters. The van der Waals surface area contributed by atoms with Crippen LogP contribution in [0.25, 0.3) is 0 Å². The molecule has 214 valence electrons. The zero-order valence-corrected chi connectivity index (χ0v) is 19.3. The number of rotatable bonds is 7. The van der Waals surface area contributed by atoms with Gasteiger partial charge in [-0.3, -0.25) is 9.59 Å². The molecule has 17 nitrogen and oxygen atoms in total. The molecule has 3 aliphatic rings. The summed E-state index contributed by atoms with van der Waals surface area (Å²) in [7, 11) is 0. The van der Waals surface area contributed by atoms with E-state index < -0.39 is 123 Å². The highest BCUT2D eigenvalue weighted by Gasteiger charge is 2.72. The Morgan fingerprint density at radius 2 is 1.46 bits per heavy atom. The minimum atomic E-state index is -3.18. The highest BCUT2D eigenvalue weighted by Crippen LogP contribution is 2.46. The molecule has 0 bridgehead atoms. The van der Waals surface area contributed by atoms with Crippen LogP contribution in [-0.4, -0.2) is 173 Å². The fourth-order valence-corrected chi connectivity index (χ4v) is 4.89.